The number of hydrogen-bond donors (Lipinski definition) is 2. The molecule has 1 spiro atoms. The Kier molecular flexibility index (Phi) is 3.26. The highest BCUT2D eigenvalue weighted by atomic mass is 16.2. The lowest BCUT2D eigenvalue weighted by Crippen LogP contribution is -2.63. The molecule has 6 heteroatoms. The molecule has 1 aromatic rings. The van der Waals surface area contributed by atoms with Gasteiger partial charge in [-0.15, -0.1) is 0 Å². The van der Waals surface area contributed by atoms with Gasteiger partial charge in [0.05, 0.1) is 23.9 Å². The Labute approximate surface area is 150 Å². The lowest BCUT2D eigenvalue weighted by molar-refractivity contribution is -0.124. The van der Waals surface area contributed by atoms with Gasteiger partial charge in [0.2, 0.25) is 11.3 Å². The van der Waals surface area contributed by atoms with Crippen molar-refractivity contribution < 1.29 is 4.79 Å². The van der Waals surface area contributed by atoms with E-state index in [-0.39, 0.29) is 5.71 Å². The lowest BCUT2D eigenvalue weighted by atomic mass is 9.45. The van der Waals surface area contributed by atoms with E-state index in [1.165, 1.54) is 0 Å². The van der Waals surface area contributed by atoms with E-state index in [1.807, 2.05) is 18.2 Å². The first kappa shape index (κ1) is 16.1. The molecule has 1 fully saturated rings. The minimum absolute atomic E-state index is 0.291. The van der Waals surface area contributed by atoms with Crippen LogP contribution in [0.4, 0.5) is 5.69 Å². The molecule has 26 heavy (non-hydrogen) atoms. The van der Waals surface area contributed by atoms with E-state index in [9.17, 15) is 20.6 Å². The number of anilines is 1. The van der Waals surface area contributed by atoms with Crippen molar-refractivity contribution in [3.8, 4) is 18.2 Å². The fourth-order valence-electron chi connectivity index (χ4n) is 5.00. The third kappa shape index (κ3) is 1.54. The molecule has 1 saturated carbocycles. The smallest absolute Gasteiger partial charge is 0.238 e. The Morgan fingerprint density at radius 3 is 2.62 bits per heavy atom. The highest BCUT2D eigenvalue weighted by molar-refractivity contribution is 6.16. The zero-order chi connectivity index (χ0) is 18.5. The Morgan fingerprint density at radius 2 is 1.92 bits per heavy atom. The normalized spacial score (nSPS) is 30.9. The van der Waals surface area contributed by atoms with Crippen molar-refractivity contribution in [3.63, 3.8) is 0 Å². The van der Waals surface area contributed by atoms with Gasteiger partial charge in [-0.3, -0.25) is 4.79 Å². The average molecular weight is 341 g/mol. The van der Waals surface area contributed by atoms with Crippen LogP contribution < -0.4 is 5.32 Å². The SMILES string of the molecule is N#C[C@H]1C(=N)C(C#N)(C#N)[C@]2(C(=O)Nc3ccccc32)[C@H]2CCCC=C12. The summed E-state index contributed by atoms with van der Waals surface area (Å²) in [6.07, 6.45) is 4.10. The molecule has 1 aromatic carbocycles. The number of carbonyl (C=O) groups is 1. The van der Waals surface area contributed by atoms with Gasteiger partial charge in [-0.05, 0) is 36.5 Å². The maximum Gasteiger partial charge on any atom is 0.238 e. The number of hydrogen-bond acceptors (Lipinski definition) is 5. The van der Waals surface area contributed by atoms with Crippen LogP contribution in [-0.2, 0) is 10.2 Å². The molecular weight excluding hydrogens is 326 g/mol. The van der Waals surface area contributed by atoms with Crippen molar-refractivity contribution in [1.29, 1.82) is 21.2 Å². The quantitative estimate of drug-likeness (QED) is 0.704. The molecule has 6 nitrogen and oxygen atoms in total. The Hall–Kier alpha value is -3.43. The van der Waals surface area contributed by atoms with Crippen LogP contribution in [0.5, 0.6) is 0 Å². The van der Waals surface area contributed by atoms with E-state index < -0.39 is 28.6 Å². The first-order valence-corrected chi connectivity index (χ1v) is 8.50. The number of nitrogens with one attached hydrogen (secondary N) is 2. The van der Waals surface area contributed by atoms with Crippen LogP contribution in [0.2, 0.25) is 0 Å². The summed E-state index contributed by atoms with van der Waals surface area (Å²) in [7, 11) is 0. The minimum Gasteiger partial charge on any atom is -0.325 e. The first-order valence-electron chi connectivity index (χ1n) is 8.50. The molecule has 0 bridgehead atoms. The second kappa shape index (κ2) is 5.28. The summed E-state index contributed by atoms with van der Waals surface area (Å²) >= 11 is 0. The highest BCUT2D eigenvalue weighted by Gasteiger charge is 2.72. The Balaban J connectivity index is 2.14. The van der Waals surface area contributed by atoms with Crippen molar-refractivity contribution in [3.05, 3.63) is 41.5 Å². The van der Waals surface area contributed by atoms with Crippen molar-refractivity contribution in [2.24, 2.45) is 17.3 Å². The molecule has 1 aliphatic heterocycles. The average Bonchev–Trinajstić information content (AvgIpc) is 2.97. The second-order valence-electron chi connectivity index (χ2n) is 6.94. The summed E-state index contributed by atoms with van der Waals surface area (Å²) in [4.78, 5) is 13.3. The number of nitrogens with zero attached hydrogens (tertiary/aromatic N) is 3. The molecule has 0 saturated heterocycles. The summed E-state index contributed by atoms with van der Waals surface area (Å²) in [6.45, 7) is 0. The van der Waals surface area contributed by atoms with E-state index in [2.05, 4.69) is 11.4 Å². The molecule has 1 amide bonds. The fourth-order valence-corrected chi connectivity index (χ4v) is 5.00. The Morgan fingerprint density at radius 1 is 1.19 bits per heavy atom. The van der Waals surface area contributed by atoms with Crippen molar-refractivity contribution in [2.75, 3.05) is 5.32 Å². The second-order valence-corrected chi connectivity index (χ2v) is 6.94. The number of benzene rings is 1. The van der Waals surface area contributed by atoms with Crippen LogP contribution in [-0.4, -0.2) is 11.6 Å². The van der Waals surface area contributed by atoms with E-state index >= 15 is 0 Å². The van der Waals surface area contributed by atoms with Crippen LogP contribution in [0.1, 0.15) is 24.8 Å². The molecule has 4 rings (SSSR count). The number of rotatable bonds is 0. The van der Waals surface area contributed by atoms with Gasteiger partial charge in [0, 0.05) is 11.6 Å². The summed E-state index contributed by atoms with van der Waals surface area (Å²) in [5, 5.41) is 41.2. The van der Waals surface area contributed by atoms with E-state index in [0.717, 1.165) is 12.8 Å². The third-order valence-corrected chi connectivity index (χ3v) is 6.04. The number of carbonyl (C=O) groups excluding carboxylic acids is 1. The van der Waals surface area contributed by atoms with Crippen LogP contribution in [0.25, 0.3) is 0 Å². The van der Waals surface area contributed by atoms with Crippen LogP contribution >= 0.6 is 0 Å². The van der Waals surface area contributed by atoms with Crippen molar-refractivity contribution >= 4 is 17.3 Å². The van der Waals surface area contributed by atoms with Gasteiger partial charge in [0.15, 0.2) is 0 Å². The lowest BCUT2D eigenvalue weighted by Gasteiger charge is -2.51. The summed E-state index contributed by atoms with van der Waals surface area (Å²) in [5.74, 6) is -1.82. The van der Waals surface area contributed by atoms with Gasteiger partial charge < -0.3 is 10.7 Å². The van der Waals surface area contributed by atoms with Gasteiger partial charge in [-0.2, -0.15) is 15.8 Å². The molecule has 0 unspecified atom stereocenters. The molecule has 1 heterocycles. The van der Waals surface area contributed by atoms with Gasteiger partial charge in [0.25, 0.3) is 0 Å². The van der Waals surface area contributed by atoms with E-state index in [4.69, 9.17) is 5.41 Å². The number of para-hydroxylation sites is 1. The number of fused-ring (bicyclic) bond motifs is 4. The predicted octanol–water partition coefficient (Wildman–Crippen LogP) is 2.81. The van der Waals surface area contributed by atoms with Crippen LogP contribution in [0.15, 0.2) is 35.9 Å². The maximum absolute atomic E-state index is 13.3. The zero-order valence-corrected chi connectivity index (χ0v) is 13.9. The van der Waals surface area contributed by atoms with Crippen molar-refractivity contribution in [2.45, 2.75) is 24.7 Å². The summed E-state index contributed by atoms with van der Waals surface area (Å²) in [5.41, 5.74) is -1.95. The molecule has 3 atom stereocenters. The zero-order valence-electron chi connectivity index (χ0n) is 13.9. The molecular formula is C20H15N5O. The van der Waals surface area contributed by atoms with E-state index in [1.54, 1.807) is 24.3 Å². The molecule has 0 aromatic heterocycles. The Bertz CT molecular complexity index is 988. The molecule has 0 radical (unpaired) electrons. The third-order valence-electron chi connectivity index (χ3n) is 6.04. The highest BCUT2D eigenvalue weighted by Crippen LogP contribution is 2.62. The fraction of sp³-hybridized carbons (Fsp3) is 0.350. The largest absolute Gasteiger partial charge is 0.325 e. The van der Waals surface area contributed by atoms with Gasteiger partial charge in [-0.25, -0.2) is 0 Å². The van der Waals surface area contributed by atoms with Gasteiger partial charge in [-0.1, -0.05) is 24.3 Å². The topological polar surface area (TPSA) is 124 Å². The van der Waals surface area contributed by atoms with Crippen LogP contribution in [0.3, 0.4) is 0 Å². The van der Waals surface area contributed by atoms with Gasteiger partial charge in [0.1, 0.15) is 11.3 Å². The summed E-state index contributed by atoms with van der Waals surface area (Å²) < 4.78 is 0. The monoisotopic (exact) mass is 341 g/mol. The van der Waals surface area contributed by atoms with Crippen molar-refractivity contribution in [1.82, 2.24) is 0 Å². The first-order chi connectivity index (χ1) is 12.6. The van der Waals surface area contributed by atoms with Gasteiger partial charge >= 0.3 is 0 Å². The predicted molar refractivity (Wildman–Crippen MR) is 92.7 cm³/mol. The van der Waals surface area contributed by atoms with Crippen LogP contribution in [0, 0.1) is 56.7 Å². The number of allylic oxidation sites excluding steroid dienone is 2. The number of amides is 1. The molecule has 3 aliphatic rings. The maximum atomic E-state index is 13.3. The summed E-state index contributed by atoms with van der Waals surface area (Å²) in [6, 6.07) is 13.1. The molecule has 126 valence electrons. The molecule has 2 aliphatic carbocycles. The standard InChI is InChI=1S/C20H15N5O/c21-9-13-12-5-1-2-6-14(12)20(19(10-22,11-23)17(13)24)15-7-3-4-8-16(15)25-18(20)26/h3-5,7-8,13-14,24H,1-2,6H2,(H,25,26)/t13-,14+,20-/m1/s1. The number of nitriles is 3. The van der Waals surface area contributed by atoms with E-state index in [0.29, 0.717) is 23.2 Å². The minimum atomic E-state index is -2.01. The molecule has 2 N–H and O–H groups in total.